The first-order valence-electron chi connectivity index (χ1n) is 6.36. The van der Waals surface area contributed by atoms with E-state index in [1.807, 2.05) is 32.9 Å². The van der Waals surface area contributed by atoms with E-state index in [0.717, 1.165) is 22.8 Å². The number of hydrogen-bond acceptors (Lipinski definition) is 1. The standard InChI is InChI=1S/C16H16BrF2N/c1-9-4-5-10(2)12(6-9)11(3)20-16-7-13(17)14(18)8-15(16)19/h4-8,11,20H,1-3H3. The molecule has 0 saturated carbocycles. The van der Waals surface area contributed by atoms with Crippen molar-refractivity contribution in [2.75, 3.05) is 5.32 Å². The molecule has 0 aliphatic carbocycles. The highest BCUT2D eigenvalue weighted by molar-refractivity contribution is 9.10. The number of rotatable bonds is 3. The SMILES string of the molecule is Cc1ccc(C)c(C(C)Nc2cc(Br)c(F)cc2F)c1. The second-order valence-electron chi connectivity index (χ2n) is 4.97. The van der Waals surface area contributed by atoms with Gasteiger partial charge >= 0.3 is 0 Å². The summed E-state index contributed by atoms with van der Waals surface area (Å²) in [6.45, 7) is 5.99. The molecule has 0 aromatic heterocycles. The highest BCUT2D eigenvalue weighted by Crippen LogP contribution is 2.28. The molecule has 2 aromatic carbocycles. The second kappa shape index (κ2) is 5.92. The van der Waals surface area contributed by atoms with Crippen LogP contribution in [0.3, 0.4) is 0 Å². The van der Waals surface area contributed by atoms with Crippen molar-refractivity contribution in [1.82, 2.24) is 0 Å². The quantitative estimate of drug-likeness (QED) is 0.726. The Hall–Kier alpha value is -1.42. The molecule has 0 aliphatic heterocycles. The number of halogens is 3. The van der Waals surface area contributed by atoms with Gasteiger partial charge in [-0.05, 0) is 53.9 Å². The zero-order valence-electron chi connectivity index (χ0n) is 11.6. The van der Waals surface area contributed by atoms with Gasteiger partial charge in [-0.2, -0.15) is 0 Å². The molecule has 4 heteroatoms. The van der Waals surface area contributed by atoms with Crippen LogP contribution < -0.4 is 5.32 Å². The van der Waals surface area contributed by atoms with Crippen molar-refractivity contribution in [2.24, 2.45) is 0 Å². The maximum Gasteiger partial charge on any atom is 0.149 e. The average Bonchev–Trinajstić information content (AvgIpc) is 2.38. The monoisotopic (exact) mass is 339 g/mol. The number of hydrogen-bond donors (Lipinski definition) is 1. The molecule has 20 heavy (non-hydrogen) atoms. The molecule has 0 spiro atoms. The zero-order valence-corrected chi connectivity index (χ0v) is 13.2. The van der Waals surface area contributed by atoms with E-state index >= 15 is 0 Å². The minimum Gasteiger partial charge on any atom is -0.376 e. The molecule has 1 N–H and O–H groups in total. The molecule has 1 atom stereocenters. The van der Waals surface area contributed by atoms with Crippen molar-refractivity contribution in [1.29, 1.82) is 0 Å². The molecule has 0 radical (unpaired) electrons. The van der Waals surface area contributed by atoms with Gasteiger partial charge in [0.15, 0.2) is 0 Å². The highest BCUT2D eigenvalue weighted by Gasteiger charge is 2.13. The van der Waals surface area contributed by atoms with Crippen LogP contribution in [0, 0.1) is 25.5 Å². The van der Waals surface area contributed by atoms with Gasteiger partial charge in [0, 0.05) is 12.1 Å². The van der Waals surface area contributed by atoms with Crippen molar-refractivity contribution in [3.63, 3.8) is 0 Å². The summed E-state index contributed by atoms with van der Waals surface area (Å²) in [7, 11) is 0. The van der Waals surface area contributed by atoms with E-state index in [1.54, 1.807) is 0 Å². The fourth-order valence-electron chi connectivity index (χ4n) is 2.17. The summed E-state index contributed by atoms with van der Waals surface area (Å²) >= 11 is 3.07. The van der Waals surface area contributed by atoms with Gasteiger partial charge in [0.05, 0.1) is 10.2 Å². The summed E-state index contributed by atoms with van der Waals surface area (Å²) in [5.74, 6) is -1.20. The highest BCUT2D eigenvalue weighted by atomic mass is 79.9. The van der Waals surface area contributed by atoms with Crippen LogP contribution in [0.4, 0.5) is 14.5 Å². The van der Waals surface area contributed by atoms with Crippen LogP contribution in [0.25, 0.3) is 0 Å². The number of aryl methyl sites for hydroxylation is 2. The summed E-state index contributed by atoms with van der Waals surface area (Å²) < 4.78 is 27.2. The topological polar surface area (TPSA) is 12.0 Å². The molecule has 106 valence electrons. The van der Waals surface area contributed by atoms with E-state index in [-0.39, 0.29) is 16.2 Å². The fraction of sp³-hybridized carbons (Fsp3) is 0.250. The molecule has 0 amide bonds. The predicted octanol–water partition coefficient (Wildman–Crippen LogP) is 5.52. The Morgan fingerprint density at radius 3 is 2.45 bits per heavy atom. The Balaban J connectivity index is 2.30. The Morgan fingerprint density at radius 1 is 1.05 bits per heavy atom. The van der Waals surface area contributed by atoms with Gasteiger partial charge in [0.25, 0.3) is 0 Å². The lowest BCUT2D eigenvalue weighted by atomic mass is 10.00. The molecule has 2 aromatic rings. The van der Waals surface area contributed by atoms with Crippen LogP contribution in [0.5, 0.6) is 0 Å². The first-order valence-corrected chi connectivity index (χ1v) is 7.16. The molecule has 0 fully saturated rings. The van der Waals surface area contributed by atoms with E-state index < -0.39 is 11.6 Å². The van der Waals surface area contributed by atoms with Gasteiger partial charge in [0.2, 0.25) is 0 Å². The van der Waals surface area contributed by atoms with Crippen molar-refractivity contribution in [2.45, 2.75) is 26.8 Å². The van der Waals surface area contributed by atoms with E-state index in [1.165, 1.54) is 6.07 Å². The molecule has 0 aliphatic rings. The van der Waals surface area contributed by atoms with Gasteiger partial charge in [-0.1, -0.05) is 23.8 Å². The van der Waals surface area contributed by atoms with Crippen LogP contribution in [0.1, 0.15) is 29.7 Å². The van der Waals surface area contributed by atoms with Crippen LogP contribution in [0.2, 0.25) is 0 Å². The van der Waals surface area contributed by atoms with Gasteiger partial charge in [-0.15, -0.1) is 0 Å². The third-order valence-corrected chi connectivity index (χ3v) is 3.89. The smallest absolute Gasteiger partial charge is 0.149 e. The van der Waals surface area contributed by atoms with E-state index in [9.17, 15) is 8.78 Å². The third-order valence-electron chi connectivity index (χ3n) is 3.28. The van der Waals surface area contributed by atoms with Crippen LogP contribution in [-0.2, 0) is 0 Å². The van der Waals surface area contributed by atoms with Crippen LogP contribution in [-0.4, -0.2) is 0 Å². The lowest BCUT2D eigenvalue weighted by Crippen LogP contribution is -2.10. The molecule has 1 unspecified atom stereocenters. The minimum atomic E-state index is -0.604. The maximum atomic E-state index is 13.8. The number of anilines is 1. The summed E-state index contributed by atoms with van der Waals surface area (Å²) in [6, 6.07) is 8.39. The number of nitrogens with one attached hydrogen (secondary N) is 1. The Bertz CT molecular complexity index is 641. The first-order chi connectivity index (χ1) is 9.38. The summed E-state index contributed by atoms with van der Waals surface area (Å²) in [6.07, 6.45) is 0. The summed E-state index contributed by atoms with van der Waals surface area (Å²) in [5, 5.41) is 3.09. The normalized spacial score (nSPS) is 12.3. The zero-order chi connectivity index (χ0) is 14.9. The van der Waals surface area contributed by atoms with Gasteiger partial charge in [0.1, 0.15) is 11.6 Å². The average molecular weight is 340 g/mol. The van der Waals surface area contributed by atoms with Crippen molar-refractivity contribution < 1.29 is 8.78 Å². The summed E-state index contributed by atoms with van der Waals surface area (Å²) in [5.41, 5.74) is 3.67. The Morgan fingerprint density at radius 2 is 1.75 bits per heavy atom. The molecule has 0 heterocycles. The molecular formula is C16H16BrF2N. The number of benzene rings is 2. The first kappa shape index (κ1) is 15.0. The predicted molar refractivity (Wildman–Crippen MR) is 82.0 cm³/mol. The molecule has 0 saturated heterocycles. The van der Waals surface area contributed by atoms with Crippen molar-refractivity contribution in [3.8, 4) is 0 Å². The Labute approximate surface area is 126 Å². The van der Waals surface area contributed by atoms with Gasteiger partial charge in [-0.25, -0.2) is 8.78 Å². The molecule has 1 nitrogen and oxygen atoms in total. The minimum absolute atomic E-state index is 0.0678. The largest absolute Gasteiger partial charge is 0.376 e. The van der Waals surface area contributed by atoms with Crippen LogP contribution in [0.15, 0.2) is 34.8 Å². The Kier molecular flexibility index (Phi) is 4.43. The van der Waals surface area contributed by atoms with E-state index in [2.05, 4.69) is 27.3 Å². The van der Waals surface area contributed by atoms with Gasteiger partial charge in [-0.3, -0.25) is 0 Å². The van der Waals surface area contributed by atoms with Crippen molar-refractivity contribution in [3.05, 3.63) is 63.1 Å². The second-order valence-corrected chi connectivity index (χ2v) is 5.83. The maximum absolute atomic E-state index is 13.8. The third kappa shape index (κ3) is 3.18. The fourth-order valence-corrected chi connectivity index (χ4v) is 2.51. The van der Waals surface area contributed by atoms with E-state index in [0.29, 0.717) is 0 Å². The van der Waals surface area contributed by atoms with E-state index in [4.69, 9.17) is 0 Å². The lowest BCUT2D eigenvalue weighted by Gasteiger charge is -2.19. The lowest BCUT2D eigenvalue weighted by molar-refractivity contribution is 0.579. The molecule has 0 bridgehead atoms. The summed E-state index contributed by atoms with van der Waals surface area (Å²) in [4.78, 5) is 0. The van der Waals surface area contributed by atoms with Crippen molar-refractivity contribution >= 4 is 21.6 Å². The van der Waals surface area contributed by atoms with Gasteiger partial charge < -0.3 is 5.32 Å². The molecular weight excluding hydrogens is 324 g/mol. The molecule has 2 rings (SSSR count). The van der Waals surface area contributed by atoms with Crippen LogP contribution >= 0.6 is 15.9 Å².